The number of rotatable bonds is 8. The summed E-state index contributed by atoms with van der Waals surface area (Å²) >= 11 is 0. The van der Waals surface area contributed by atoms with Crippen molar-refractivity contribution in [3.63, 3.8) is 0 Å². The number of benzene rings is 1. The van der Waals surface area contributed by atoms with Crippen LogP contribution in [0.3, 0.4) is 0 Å². The molecule has 0 bridgehead atoms. The summed E-state index contributed by atoms with van der Waals surface area (Å²) in [7, 11) is 3.94. The third-order valence-corrected chi connectivity index (χ3v) is 4.83. The third-order valence-electron chi connectivity index (χ3n) is 4.83. The summed E-state index contributed by atoms with van der Waals surface area (Å²) in [6.07, 6.45) is 3.06. The van der Waals surface area contributed by atoms with Gasteiger partial charge in [-0.2, -0.15) is 0 Å². The van der Waals surface area contributed by atoms with E-state index < -0.39 is 0 Å². The molecular formula is C19H32Cl2N4O2. The van der Waals surface area contributed by atoms with E-state index >= 15 is 0 Å². The van der Waals surface area contributed by atoms with E-state index in [-0.39, 0.29) is 42.5 Å². The zero-order valence-corrected chi connectivity index (χ0v) is 17.7. The van der Waals surface area contributed by atoms with Gasteiger partial charge in [-0.1, -0.05) is 18.6 Å². The summed E-state index contributed by atoms with van der Waals surface area (Å²) in [6.45, 7) is 2.49. The fourth-order valence-corrected chi connectivity index (χ4v) is 3.25. The molecule has 0 aliphatic heterocycles. The smallest absolute Gasteiger partial charge is 0.251 e. The second kappa shape index (κ2) is 12.9. The van der Waals surface area contributed by atoms with Crippen molar-refractivity contribution in [3.05, 3.63) is 35.4 Å². The lowest BCUT2D eigenvalue weighted by Crippen LogP contribution is -2.34. The quantitative estimate of drug-likeness (QED) is 0.600. The number of carbonyl (C=O) groups excluding carboxylic acids is 2. The van der Waals surface area contributed by atoms with Crippen LogP contribution >= 0.6 is 24.8 Å². The lowest BCUT2D eigenvalue weighted by molar-refractivity contribution is -0.126. The van der Waals surface area contributed by atoms with Crippen LogP contribution in [0.1, 0.15) is 35.2 Å². The first-order chi connectivity index (χ1) is 12.0. The number of nitrogens with zero attached hydrogens (tertiary/aromatic N) is 1. The zero-order chi connectivity index (χ0) is 18.2. The zero-order valence-electron chi connectivity index (χ0n) is 16.1. The topological polar surface area (TPSA) is 87.5 Å². The molecule has 1 fully saturated rings. The largest absolute Gasteiger partial charge is 0.352 e. The number of hydrogen-bond acceptors (Lipinski definition) is 4. The van der Waals surface area contributed by atoms with Gasteiger partial charge in [0.25, 0.3) is 5.91 Å². The molecule has 0 heterocycles. The Kier molecular flexibility index (Phi) is 12.3. The highest BCUT2D eigenvalue weighted by Crippen LogP contribution is 2.30. The van der Waals surface area contributed by atoms with Gasteiger partial charge in [-0.25, -0.2) is 0 Å². The van der Waals surface area contributed by atoms with Gasteiger partial charge in [0.1, 0.15) is 0 Å². The fraction of sp³-hybridized carbons (Fsp3) is 0.579. The van der Waals surface area contributed by atoms with Crippen LogP contribution in [0.2, 0.25) is 0 Å². The molecule has 1 aromatic rings. The van der Waals surface area contributed by atoms with Crippen LogP contribution in [0.4, 0.5) is 0 Å². The molecule has 1 saturated carbocycles. The Balaban J connectivity index is 0.00000338. The van der Waals surface area contributed by atoms with E-state index in [9.17, 15) is 9.59 Å². The van der Waals surface area contributed by atoms with Gasteiger partial charge in [0.2, 0.25) is 5.91 Å². The van der Waals surface area contributed by atoms with Crippen LogP contribution in [0.15, 0.2) is 24.3 Å². The summed E-state index contributed by atoms with van der Waals surface area (Å²) in [4.78, 5) is 26.4. The highest BCUT2D eigenvalue weighted by atomic mass is 35.5. The molecule has 0 aromatic heterocycles. The molecule has 2 rings (SSSR count). The first-order valence-electron chi connectivity index (χ1n) is 9.01. The minimum Gasteiger partial charge on any atom is -0.352 e. The fourth-order valence-electron chi connectivity index (χ4n) is 3.25. The Labute approximate surface area is 174 Å². The van der Waals surface area contributed by atoms with Crippen LogP contribution in [0, 0.1) is 11.8 Å². The number of likely N-dealkylation sites (N-methyl/N-ethyl adjacent to an activating group) is 1. The van der Waals surface area contributed by atoms with Crippen LogP contribution in [0.25, 0.3) is 0 Å². The Morgan fingerprint density at radius 2 is 1.78 bits per heavy atom. The molecule has 1 aliphatic carbocycles. The first-order valence-corrected chi connectivity index (χ1v) is 9.01. The molecule has 8 heteroatoms. The number of halogens is 2. The number of hydrogen-bond donors (Lipinski definition) is 3. The van der Waals surface area contributed by atoms with Gasteiger partial charge < -0.3 is 21.3 Å². The molecule has 2 atom stereocenters. The number of nitrogens with one attached hydrogen (secondary N) is 2. The van der Waals surface area contributed by atoms with E-state index in [2.05, 4.69) is 10.6 Å². The Hall–Kier alpha value is -1.34. The van der Waals surface area contributed by atoms with Crippen LogP contribution < -0.4 is 16.4 Å². The summed E-state index contributed by atoms with van der Waals surface area (Å²) in [5, 5.41) is 5.89. The summed E-state index contributed by atoms with van der Waals surface area (Å²) in [6, 6.07) is 7.36. The maximum atomic E-state index is 12.3. The van der Waals surface area contributed by atoms with Gasteiger partial charge in [-0.15, -0.1) is 24.8 Å². The molecule has 1 aliphatic rings. The lowest BCUT2D eigenvalue weighted by atomic mass is 9.95. The van der Waals surface area contributed by atoms with Gasteiger partial charge in [0.15, 0.2) is 0 Å². The molecule has 4 N–H and O–H groups in total. The number of amides is 2. The molecule has 1 aromatic carbocycles. The Morgan fingerprint density at radius 3 is 2.37 bits per heavy atom. The van der Waals surface area contributed by atoms with E-state index in [0.717, 1.165) is 31.4 Å². The van der Waals surface area contributed by atoms with E-state index in [1.165, 1.54) is 0 Å². The average Bonchev–Trinajstić information content (AvgIpc) is 3.08. The highest BCUT2D eigenvalue weighted by molar-refractivity contribution is 5.94. The van der Waals surface area contributed by atoms with Crippen molar-refractivity contribution < 1.29 is 9.59 Å². The van der Waals surface area contributed by atoms with Crippen LogP contribution in [0.5, 0.6) is 0 Å². The average molecular weight is 419 g/mol. The summed E-state index contributed by atoms with van der Waals surface area (Å²) < 4.78 is 0. The van der Waals surface area contributed by atoms with E-state index in [1.807, 2.05) is 31.1 Å². The van der Waals surface area contributed by atoms with Crippen molar-refractivity contribution in [2.45, 2.75) is 25.8 Å². The molecule has 0 spiro atoms. The Bertz CT molecular complexity index is 582. The lowest BCUT2D eigenvalue weighted by Gasteiger charge is -2.17. The Morgan fingerprint density at radius 1 is 1.11 bits per heavy atom. The maximum absolute atomic E-state index is 12.3. The molecular weight excluding hydrogens is 387 g/mol. The number of nitrogens with two attached hydrogens (primary N) is 1. The molecule has 154 valence electrons. The van der Waals surface area contributed by atoms with Crippen molar-refractivity contribution in [1.29, 1.82) is 0 Å². The highest BCUT2D eigenvalue weighted by Gasteiger charge is 2.31. The predicted octanol–water partition coefficient (Wildman–Crippen LogP) is 1.81. The van der Waals surface area contributed by atoms with Gasteiger partial charge >= 0.3 is 0 Å². The second-order valence-corrected chi connectivity index (χ2v) is 7.01. The molecule has 27 heavy (non-hydrogen) atoms. The second-order valence-electron chi connectivity index (χ2n) is 7.01. The van der Waals surface area contributed by atoms with Crippen molar-refractivity contribution in [2.24, 2.45) is 17.6 Å². The minimum atomic E-state index is -0.0748. The molecule has 0 radical (unpaired) electrons. The monoisotopic (exact) mass is 418 g/mol. The standard InChI is InChI=1S/C19H30N4O2.2ClH/c1-23(2)11-10-21-18(24)15-8-6-14(7-9-15)13-22-19(25)17-5-3-4-16(17)12-20;;/h6-9,16-17H,3-5,10-13,20H2,1-2H3,(H,21,24)(H,22,25);2*1H/t16-,17-;;/m1../s1. The normalized spacial score (nSPS) is 18.4. The van der Waals surface area contributed by atoms with Crippen molar-refractivity contribution in [3.8, 4) is 0 Å². The van der Waals surface area contributed by atoms with Crippen LogP contribution in [-0.2, 0) is 11.3 Å². The van der Waals surface area contributed by atoms with Gasteiger partial charge in [0.05, 0.1) is 0 Å². The van der Waals surface area contributed by atoms with Crippen LogP contribution in [-0.4, -0.2) is 50.4 Å². The predicted molar refractivity (Wildman–Crippen MR) is 114 cm³/mol. The third kappa shape index (κ3) is 8.05. The van der Waals surface area contributed by atoms with Crippen molar-refractivity contribution in [1.82, 2.24) is 15.5 Å². The van der Waals surface area contributed by atoms with Gasteiger partial charge in [-0.05, 0) is 57.1 Å². The molecule has 6 nitrogen and oxygen atoms in total. The SMILES string of the molecule is CN(C)CCNC(=O)c1ccc(CNC(=O)[C@@H]2CCC[C@@H]2CN)cc1.Cl.Cl. The van der Waals surface area contributed by atoms with E-state index in [0.29, 0.717) is 31.1 Å². The molecule has 0 unspecified atom stereocenters. The van der Waals surface area contributed by atoms with Crippen molar-refractivity contribution in [2.75, 3.05) is 33.7 Å². The first kappa shape index (κ1) is 25.7. The summed E-state index contributed by atoms with van der Waals surface area (Å²) in [5.74, 6) is 0.382. The van der Waals surface area contributed by atoms with Gasteiger partial charge in [0, 0.05) is 31.1 Å². The summed E-state index contributed by atoms with van der Waals surface area (Å²) in [5.41, 5.74) is 7.36. The number of carbonyl (C=O) groups is 2. The minimum absolute atomic E-state index is 0. The van der Waals surface area contributed by atoms with Crippen molar-refractivity contribution >= 4 is 36.6 Å². The van der Waals surface area contributed by atoms with E-state index in [4.69, 9.17) is 5.73 Å². The maximum Gasteiger partial charge on any atom is 0.251 e. The van der Waals surface area contributed by atoms with E-state index in [1.54, 1.807) is 12.1 Å². The van der Waals surface area contributed by atoms with Gasteiger partial charge in [-0.3, -0.25) is 9.59 Å². The molecule has 0 saturated heterocycles. The molecule has 2 amide bonds.